The van der Waals surface area contributed by atoms with Crippen molar-refractivity contribution in [1.29, 1.82) is 0 Å². The number of rotatable bonds is 6. The minimum Gasteiger partial charge on any atom is -0.327 e. The Bertz CT molecular complexity index is 219. The first-order valence-corrected chi connectivity index (χ1v) is 7.17. The Kier molecular flexibility index (Phi) is 3.91. The van der Waals surface area contributed by atoms with Gasteiger partial charge in [-0.05, 0) is 62.9 Å². The van der Waals surface area contributed by atoms with Crippen LogP contribution in [0.5, 0.6) is 0 Å². The zero-order chi connectivity index (χ0) is 11.6. The molecular weight excluding hydrogens is 196 g/mol. The predicted molar refractivity (Wildman–Crippen MR) is 69.4 cm³/mol. The molecule has 94 valence electrons. The van der Waals surface area contributed by atoms with Gasteiger partial charge < -0.3 is 10.6 Å². The van der Waals surface area contributed by atoms with E-state index in [9.17, 15) is 0 Å². The van der Waals surface area contributed by atoms with Crippen LogP contribution in [0.1, 0.15) is 52.4 Å². The zero-order valence-electron chi connectivity index (χ0n) is 11.0. The molecule has 0 aromatic carbocycles. The number of hydrogen-bond donors (Lipinski definition) is 1. The van der Waals surface area contributed by atoms with E-state index in [2.05, 4.69) is 18.7 Å². The van der Waals surface area contributed by atoms with Crippen molar-refractivity contribution in [2.24, 2.45) is 17.1 Å². The van der Waals surface area contributed by atoms with Gasteiger partial charge in [-0.25, -0.2) is 0 Å². The minimum absolute atomic E-state index is 0.484. The summed E-state index contributed by atoms with van der Waals surface area (Å²) in [7, 11) is 0. The van der Waals surface area contributed by atoms with Crippen LogP contribution in [-0.2, 0) is 0 Å². The number of likely N-dealkylation sites (tertiary alicyclic amines) is 1. The van der Waals surface area contributed by atoms with Gasteiger partial charge in [0.05, 0.1) is 0 Å². The van der Waals surface area contributed by atoms with Crippen LogP contribution in [0.3, 0.4) is 0 Å². The van der Waals surface area contributed by atoms with E-state index in [0.29, 0.717) is 11.5 Å². The van der Waals surface area contributed by atoms with Crippen molar-refractivity contribution in [3.63, 3.8) is 0 Å². The maximum Gasteiger partial charge on any atom is 0.00793 e. The second-order valence-corrected chi connectivity index (χ2v) is 6.02. The first-order chi connectivity index (χ1) is 7.69. The van der Waals surface area contributed by atoms with Gasteiger partial charge in [-0.1, -0.05) is 13.8 Å². The first kappa shape index (κ1) is 12.4. The third-order valence-electron chi connectivity index (χ3n) is 5.02. The van der Waals surface area contributed by atoms with Gasteiger partial charge in [0.2, 0.25) is 0 Å². The molecule has 1 unspecified atom stereocenters. The van der Waals surface area contributed by atoms with E-state index in [1.807, 2.05) is 0 Å². The van der Waals surface area contributed by atoms with E-state index in [1.54, 1.807) is 0 Å². The van der Waals surface area contributed by atoms with Gasteiger partial charge in [-0.15, -0.1) is 0 Å². The topological polar surface area (TPSA) is 29.3 Å². The fourth-order valence-corrected chi connectivity index (χ4v) is 3.14. The molecule has 1 aliphatic heterocycles. The molecule has 1 heterocycles. The van der Waals surface area contributed by atoms with E-state index in [1.165, 1.54) is 58.2 Å². The van der Waals surface area contributed by atoms with Crippen molar-refractivity contribution >= 4 is 0 Å². The van der Waals surface area contributed by atoms with E-state index >= 15 is 0 Å². The molecule has 2 aliphatic rings. The fourth-order valence-electron chi connectivity index (χ4n) is 3.14. The lowest BCUT2D eigenvalue weighted by atomic mass is 9.82. The van der Waals surface area contributed by atoms with Crippen LogP contribution in [-0.4, -0.2) is 30.6 Å². The average molecular weight is 224 g/mol. The minimum atomic E-state index is 0.484. The maximum atomic E-state index is 6.16. The predicted octanol–water partition coefficient (Wildman–Crippen LogP) is 2.63. The highest BCUT2D eigenvalue weighted by atomic mass is 15.2. The van der Waals surface area contributed by atoms with Crippen LogP contribution in [0.25, 0.3) is 0 Å². The van der Waals surface area contributed by atoms with Gasteiger partial charge in [0.25, 0.3) is 0 Å². The molecule has 1 atom stereocenters. The number of nitrogens with two attached hydrogens (primary N) is 1. The molecule has 2 rings (SSSR count). The molecule has 1 saturated carbocycles. The zero-order valence-corrected chi connectivity index (χ0v) is 11.0. The molecule has 2 nitrogen and oxygen atoms in total. The molecule has 1 aliphatic carbocycles. The highest BCUT2D eigenvalue weighted by molar-refractivity contribution is 4.89. The molecule has 2 N–H and O–H groups in total. The largest absolute Gasteiger partial charge is 0.327 e. The molecule has 2 heteroatoms. The molecule has 0 radical (unpaired) electrons. The number of hydrogen-bond acceptors (Lipinski definition) is 2. The van der Waals surface area contributed by atoms with Crippen molar-refractivity contribution < 1.29 is 0 Å². The molecule has 0 amide bonds. The monoisotopic (exact) mass is 224 g/mol. The SMILES string of the molecule is CCC1(CC)CCN(CCC(N)C2CC2)C1. The summed E-state index contributed by atoms with van der Waals surface area (Å²) < 4.78 is 0. The van der Waals surface area contributed by atoms with E-state index in [0.717, 1.165) is 5.92 Å². The van der Waals surface area contributed by atoms with Crippen LogP contribution in [0.2, 0.25) is 0 Å². The van der Waals surface area contributed by atoms with Gasteiger partial charge in [0, 0.05) is 12.6 Å². The Morgan fingerprint density at radius 2 is 2.00 bits per heavy atom. The average Bonchev–Trinajstić information content (AvgIpc) is 3.08. The lowest BCUT2D eigenvalue weighted by Crippen LogP contribution is -2.32. The molecule has 1 saturated heterocycles. The summed E-state index contributed by atoms with van der Waals surface area (Å²) in [5.74, 6) is 0.865. The third kappa shape index (κ3) is 2.78. The summed E-state index contributed by atoms with van der Waals surface area (Å²) in [5, 5.41) is 0. The Hall–Kier alpha value is -0.0800. The Morgan fingerprint density at radius 3 is 2.50 bits per heavy atom. The van der Waals surface area contributed by atoms with Gasteiger partial charge >= 0.3 is 0 Å². The highest BCUT2D eigenvalue weighted by Crippen LogP contribution is 2.37. The Balaban J connectivity index is 1.71. The molecule has 16 heavy (non-hydrogen) atoms. The molecule has 0 bridgehead atoms. The summed E-state index contributed by atoms with van der Waals surface area (Å²) in [6.45, 7) is 8.56. The smallest absolute Gasteiger partial charge is 0.00793 e. The van der Waals surface area contributed by atoms with Gasteiger partial charge in [-0.2, -0.15) is 0 Å². The summed E-state index contributed by atoms with van der Waals surface area (Å²) >= 11 is 0. The highest BCUT2D eigenvalue weighted by Gasteiger charge is 2.35. The second kappa shape index (κ2) is 5.05. The lowest BCUT2D eigenvalue weighted by Gasteiger charge is -2.27. The second-order valence-electron chi connectivity index (χ2n) is 6.02. The summed E-state index contributed by atoms with van der Waals surface area (Å²) in [6.07, 6.45) is 8.07. The van der Waals surface area contributed by atoms with E-state index in [4.69, 9.17) is 5.73 Å². The van der Waals surface area contributed by atoms with Crippen molar-refractivity contribution in [1.82, 2.24) is 4.90 Å². The molecule has 0 aromatic rings. The Morgan fingerprint density at radius 1 is 1.31 bits per heavy atom. The van der Waals surface area contributed by atoms with Gasteiger partial charge in [0.1, 0.15) is 0 Å². The van der Waals surface area contributed by atoms with Crippen molar-refractivity contribution in [3.8, 4) is 0 Å². The summed E-state index contributed by atoms with van der Waals surface area (Å²) in [6, 6.07) is 0.484. The van der Waals surface area contributed by atoms with Gasteiger partial charge in [0.15, 0.2) is 0 Å². The van der Waals surface area contributed by atoms with Crippen LogP contribution in [0.15, 0.2) is 0 Å². The first-order valence-electron chi connectivity index (χ1n) is 7.17. The van der Waals surface area contributed by atoms with Crippen molar-refractivity contribution in [2.45, 2.75) is 58.4 Å². The van der Waals surface area contributed by atoms with Crippen LogP contribution >= 0.6 is 0 Å². The standard InChI is InChI=1S/C14H28N2/c1-3-14(4-2)8-10-16(11-14)9-7-13(15)12-5-6-12/h12-13H,3-11,15H2,1-2H3. The normalized spacial score (nSPS) is 27.2. The summed E-state index contributed by atoms with van der Waals surface area (Å²) in [5.41, 5.74) is 6.79. The van der Waals surface area contributed by atoms with Crippen molar-refractivity contribution in [2.75, 3.05) is 19.6 Å². The molecule has 0 aromatic heterocycles. The lowest BCUT2D eigenvalue weighted by molar-refractivity contribution is 0.234. The third-order valence-corrected chi connectivity index (χ3v) is 5.02. The van der Waals surface area contributed by atoms with E-state index in [-0.39, 0.29) is 0 Å². The van der Waals surface area contributed by atoms with Crippen molar-refractivity contribution in [3.05, 3.63) is 0 Å². The molecular formula is C14H28N2. The summed E-state index contributed by atoms with van der Waals surface area (Å²) in [4.78, 5) is 2.65. The molecule has 2 fully saturated rings. The Labute approximate surface area is 101 Å². The van der Waals surface area contributed by atoms with Gasteiger partial charge in [-0.3, -0.25) is 0 Å². The maximum absolute atomic E-state index is 6.16. The molecule has 0 spiro atoms. The number of nitrogens with zero attached hydrogens (tertiary/aromatic N) is 1. The quantitative estimate of drug-likeness (QED) is 0.751. The van der Waals surface area contributed by atoms with Crippen LogP contribution < -0.4 is 5.73 Å². The van der Waals surface area contributed by atoms with Crippen LogP contribution in [0.4, 0.5) is 0 Å². The fraction of sp³-hybridized carbons (Fsp3) is 1.00. The van der Waals surface area contributed by atoms with E-state index < -0.39 is 0 Å². The van der Waals surface area contributed by atoms with Crippen LogP contribution in [0, 0.1) is 11.3 Å².